The molecule has 1 aromatic carbocycles. The number of hydrogen-bond acceptors (Lipinski definition) is 2. The highest BCUT2D eigenvalue weighted by atomic mass is 15.0. The summed E-state index contributed by atoms with van der Waals surface area (Å²) in [7, 11) is 0. The van der Waals surface area contributed by atoms with Gasteiger partial charge in [-0.2, -0.15) is 0 Å². The molecule has 0 saturated heterocycles. The highest BCUT2D eigenvalue weighted by Crippen LogP contribution is 2.53. The topological polar surface area (TPSA) is 24.1 Å². The van der Waals surface area contributed by atoms with Crippen molar-refractivity contribution >= 4 is 0 Å². The van der Waals surface area contributed by atoms with Crippen LogP contribution in [0.25, 0.3) is 0 Å². The highest BCUT2D eigenvalue weighted by molar-refractivity contribution is 5.27. The van der Waals surface area contributed by atoms with Crippen LogP contribution < -0.4 is 10.6 Å². The van der Waals surface area contributed by atoms with Crippen molar-refractivity contribution in [1.82, 2.24) is 10.6 Å². The number of nitrogens with one attached hydrogen (secondary N) is 2. The van der Waals surface area contributed by atoms with Gasteiger partial charge in [0.2, 0.25) is 0 Å². The molecule has 2 atom stereocenters. The molecular formula is C21H30N2. The monoisotopic (exact) mass is 310 g/mol. The Kier molecular flexibility index (Phi) is 3.71. The van der Waals surface area contributed by atoms with Crippen molar-refractivity contribution < 1.29 is 0 Å². The zero-order chi connectivity index (χ0) is 15.2. The number of benzene rings is 1. The van der Waals surface area contributed by atoms with Gasteiger partial charge in [0.15, 0.2) is 0 Å². The molecule has 0 heterocycles. The van der Waals surface area contributed by atoms with Gasteiger partial charge in [0.1, 0.15) is 0 Å². The summed E-state index contributed by atoms with van der Waals surface area (Å²) in [5.74, 6) is 4.95. The summed E-state index contributed by atoms with van der Waals surface area (Å²) in [5, 5.41) is 7.71. The van der Waals surface area contributed by atoms with E-state index in [1.807, 2.05) is 0 Å². The Bertz CT molecular complexity index is 512. The first-order valence-corrected chi connectivity index (χ1v) is 9.88. The molecule has 5 fully saturated rings. The molecule has 0 aliphatic heterocycles. The van der Waals surface area contributed by atoms with Gasteiger partial charge >= 0.3 is 0 Å². The van der Waals surface area contributed by atoms with Crippen LogP contribution in [-0.2, 0) is 0 Å². The van der Waals surface area contributed by atoms with Gasteiger partial charge in [-0.3, -0.25) is 0 Å². The quantitative estimate of drug-likeness (QED) is 0.785. The van der Waals surface area contributed by atoms with E-state index in [4.69, 9.17) is 0 Å². The van der Waals surface area contributed by atoms with Gasteiger partial charge in [-0.05, 0) is 67.8 Å². The third kappa shape index (κ3) is 2.85. The zero-order valence-corrected chi connectivity index (χ0v) is 14.1. The Morgan fingerprint density at radius 3 is 2.09 bits per heavy atom. The smallest absolute Gasteiger partial charge is 0.0143 e. The molecule has 6 rings (SSSR count). The minimum atomic E-state index is 0.720. The lowest BCUT2D eigenvalue weighted by Gasteiger charge is -2.54. The SMILES string of the molecule is c1ccc(C2CC2NCCNC2C3CC4CC(C3)CC2C4)cc1. The summed E-state index contributed by atoms with van der Waals surface area (Å²) < 4.78 is 0. The van der Waals surface area contributed by atoms with E-state index in [1.54, 1.807) is 6.42 Å². The van der Waals surface area contributed by atoms with Crippen molar-refractivity contribution in [3.05, 3.63) is 35.9 Å². The molecular weight excluding hydrogens is 280 g/mol. The molecule has 23 heavy (non-hydrogen) atoms. The van der Waals surface area contributed by atoms with E-state index in [2.05, 4.69) is 41.0 Å². The molecule has 2 N–H and O–H groups in total. The second-order valence-electron chi connectivity index (χ2n) is 8.72. The van der Waals surface area contributed by atoms with E-state index in [0.717, 1.165) is 54.8 Å². The predicted octanol–water partition coefficient (Wildman–Crippen LogP) is 3.55. The minimum Gasteiger partial charge on any atom is -0.312 e. The van der Waals surface area contributed by atoms with Gasteiger partial charge < -0.3 is 10.6 Å². The Labute approximate surface area is 140 Å². The maximum Gasteiger partial charge on any atom is 0.0143 e. The summed E-state index contributed by atoms with van der Waals surface area (Å²) in [6.07, 6.45) is 8.98. The summed E-state index contributed by atoms with van der Waals surface area (Å²) in [6.45, 7) is 2.29. The average molecular weight is 310 g/mol. The molecule has 2 heteroatoms. The molecule has 5 saturated carbocycles. The predicted molar refractivity (Wildman–Crippen MR) is 94.4 cm³/mol. The lowest BCUT2D eigenvalue weighted by Crippen LogP contribution is -2.55. The van der Waals surface area contributed by atoms with Crippen LogP contribution in [-0.4, -0.2) is 25.2 Å². The second-order valence-corrected chi connectivity index (χ2v) is 8.72. The van der Waals surface area contributed by atoms with E-state index >= 15 is 0 Å². The molecule has 1 aromatic rings. The molecule has 0 amide bonds. The maximum absolute atomic E-state index is 3.94. The first-order chi connectivity index (χ1) is 11.4. The number of hydrogen-bond donors (Lipinski definition) is 2. The Hall–Kier alpha value is -0.860. The molecule has 2 unspecified atom stereocenters. The first kappa shape index (κ1) is 14.5. The van der Waals surface area contributed by atoms with Crippen molar-refractivity contribution in [2.75, 3.05) is 13.1 Å². The lowest BCUT2D eigenvalue weighted by atomic mass is 9.54. The molecule has 0 aromatic heterocycles. The fourth-order valence-corrected chi connectivity index (χ4v) is 6.24. The van der Waals surface area contributed by atoms with Crippen molar-refractivity contribution in [2.24, 2.45) is 23.7 Å². The third-order valence-electron chi connectivity index (χ3n) is 7.16. The maximum atomic E-state index is 3.94. The van der Waals surface area contributed by atoms with Gasteiger partial charge in [-0.1, -0.05) is 30.3 Å². The van der Waals surface area contributed by atoms with E-state index in [9.17, 15) is 0 Å². The van der Waals surface area contributed by atoms with Crippen LogP contribution in [0.4, 0.5) is 0 Å². The minimum absolute atomic E-state index is 0.720. The Morgan fingerprint density at radius 2 is 1.39 bits per heavy atom. The van der Waals surface area contributed by atoms with Gasteiger partial charge in [0.05, 0.1) is 0 Å². The van der Waals surface area contributed by atoms with E-state index in [1.165, 1.54) is 37.7 Å². The molecule has 2 nitrogen and oxygen atoms in total. The highest BCUT2D eigenvalue weighted by Gasteiger charge is 2.47. The Morgan fingerprint density at radius 1 is 0.739 bits per heavy atom. The molecule has 5 aliphatic carbocycles. The van der Waals surface area contributed by atoms with Gasteiger partial charge in [-0.25, -0.2) is 0 Å². The Balaban J connectivity index is 1.06. The standard InChI is InChI=1S/C21H30N2/c1-2-4-16(5-3-1)19-13-20(19)22-6-7-23-21-17-9-14-8-15(11-17)12-18(21)10-14/h1-5,14-15,17-23H,6-13H2. The fraction of sp³-hybridized carbons (Fsp3) is 0.714. The van der Waals surface area contributed by atoms with Crippen LogP contribution in [0.2, 0.25) is 0 Å². The van der Waals surface area contributed by atoms with Crippen molar-refractivity contribution in [3.8, 4) is 0 Å². The van der Waals surface area contributed by atoms with Crippen molar-refractivity contribution in [1.29, 1.82) is 0 Å². The van der Waals surface area contributed by atoms with Crippen molar-refractivity contribution in [3.63, 3.8) is 0 Å². The average Bonchev–Trinajstić information content (AvgIpc) is 3.33. The van der Waals surface area contributed by atoms with Gasteiger partial charge in [0, 0.05) is 31.1 Å². The number of rotatable bonds is 6. The fourth-order valence-electron chi connectivity index (χ4n) is 6.24. The lowest BCUT2D eigenvalue weighted by molar-refractivity contribution is -0.0133. The van der Waals surface area contributed by atoms with E-state index in [-0.39, 0.29) is 0 Å². The van der Waals surface area contributed by atoms with Crippen LogP contribution >= 0.6 is 0 Å². The molecule has 0 radical (unpaired) electrons. The summed E-state index contributed by atoms with van der Waals surface area (Å²) in [5.41, 5.74) is 1.51. The molecule has 4 bridgehead atoms. The van der Waals surface area contributed by atoms with Crippen LogP contribution in [0.5, 0.6) is 0 Å². The first-order valence-electron chi connectivity index (χ1n) is 9.88. The van der Waals surface area contributed by atoms with Gasteiger partial charge in [-0.15, -0.1) is 0 Å². The largest absolute Gasteiger partial charge is 0.312 e. The molecule has 0 spiro atoms. The van der Waals surface area contributed by atoms with Gasteiger partial charge in [0.25, 0.3) is 0 Å². The van der Waals surface area contributed by atoms with E-state index in [0.29, 0.717) is 0 Å². The van der Waals surface area contributed by atoms with E-state index < -0.39 is 0 Å². The normalized spacial score (nSPS) is 43.7. The molecule has 124 valence electrons. The summed E-state index contributed by atoms with van der Waals surface area (Å²) in [4.78, 5) is 0. The summed E-state index contributed by atoms with van der Waals surface area (Å²) in [6, 6.07) is 12.6. The second kappa shape index (κ2) is 5.89. The van der Waals surface area contributed by atoms with Crippen LogP contribution in [0.3, 0.4) is 0 Å². The summed E-state index contributed by atoms with van der Waals surface area (Å²) >= 11 is 0. The van der Waals surface area contributed by atoms with Crippen molar-refractivity contribution in [2.45, 2.75) is 56.5 Å². The van der Waals surface area contributed by atoms with Crippen LogP contribution in [0.15, 0.2) is 30.3 Å². The van der Waals surface area contributed by atoms with Crippen LogP contribution in [0, 0.1) is 23.7 Å². The van der Waals surface area contributed by atoms with Crippen LogP contribution in [0.1, 0.15) is 50.0 Å². The molecule has 5 aliphatic rings. The zero-order valence-electron chi connectivity index (χ0n) is 14.1. The third-order valence-corrected chi connectivity index (χ3v) is 7.16.